The molecule has 0 unspecified atom stereocenters. The van der Waals surface area contributed by atoms with Crippen LogP contribution in [0.4, 0.5) is 0 Å². The van der Waals surface area contributed by atoms with Gasteiger partial charge in [-0.05, 0) is 37.1 Å². The molecule has 2 amide bonds. The van der Waals surface area contributed by atoms with E-state index in [4.69, 9.17) is 0 Å². The Morgan fingerprint density at radius 1 is 0.483 bits per heavy atom. The highest BCUT2D eigenvalue weighted by atomic mass is 16.2. The number of hydrogen-bond acceptors (Lipinski definition) is 2. The highest BCUT2D eigenvalue weighted by molar-refractivity contribution is 5.94. The van der Waals surface area contributed by atoms with Crippen LogP contribution in [0.3, 0.4) is 0 Å². The lowest BCUT2D eigenvalue weighted by atomic mass is 10.1. The number of nitrogens with one attached hydrogen (secondary N) is 2. The van der Waals surface area contributed by atoms with Gasteiger partial charge in [0.05, 0.1) is 0 Å². The van der Waals surface area contributed by atoms with E-state index in [0.29, 0.717) is 0 Å². The van der Waals surface area contributed by atoms with E-state index >= 15 is 0 Å². The molecule has 4 heteroatoms. The summed E-state index contributed by atoms with van der Waals surface area (Å²) in [5.74, 6) is 0.0381. The third-order valence-electron chi connectivity index (χ3n) is 5.00. The molecule has 2 aromatic rings. The molecule has 29 heavy (non-hydrogen) atoms. The molecular formula is C25H34N2O2. The second kappa shape index (κ2) is 14.4. The van der Waals surface area contributed by atoms with Crippen molar-refractivity contribution in [1.29, 1.82) is 0 Å². The van der Waals surface area contributed by atoms with Crippen LogP contribution in [0.2, 0.25) is 0 Å². The summed E-state index contributed by atoms with van der Waals surface area (Å²) in [6, 6.07) is 18.7. The Hall–Kier alpha value is -2.62. The number of hydrogen-bond donors (Lipinski definition) is 2. The smallest absolute Gasteiger partial charge is 0.251 e. The molecule has 0 aliphatic rings. The van der Waals surface area contributed by atoms with E-state index in [1.807, 2.05) is 60.7 Å². The van der Waals surface area contributed by atoms with Gasteiger partial charge in [0.1, 0.15) is 0 Å². The number of amides is 2. The predicted octanol–water partition coefficient (Wildman–Crippen LogP) is 5.36. The first kappa shape index (κ1) is 22.7. The minimum atomic E-state index is 0.0190. The molecule has 0 atom stereocenters. The zero-order valence-corrected chi connectivity index (χ0v) is 17.4. The Kier molecular flexibility index (Phi) is 11.2. The molecule has 0 spiro atoms. The molecule has 0 aliphatic carbocycles. The Morgan fingerprint density at radius 3 is 1.14 bits per heavy atom. The van der Waals surface area contributed by atoms with Crippen LogP contribution in [-0.4, -0.2) is 24.9 Å². The number of carbonyl (C=O) groups is 2. The topological polar surface area (TPSA) is 58.2 Å². The Balaban J connectivity index is 1.34. The number of benzene rings is 2. The monoisotopic (exact) mass is 394 g/mol. The fourth-order valence-electron chi connectivity index (χ4n) is 3.27. The van der Waals surface area contributed by atoms with E-state index in [1.165, 1.54) is 44.9 Å². The maximum absolute atomic E-state index is 11.9. The molecule has 0 bridgehead atoms. The summed E-state index contributed by atoms with van der Waals surface area (Å²) < 4.78 is 0. The van der Waals surface area contributed by atoms with Crippen LogP contribution < -0.4 is 10.6 Å². The van der Waals surface area contributed by atoms with E-state index < -0.39 is 0 Å². The molecular weight excluding hydrogens is 360 g/mol. The van der Waals surface area contributed by atoms with Gasteiger partial charge >= 0.3 is 0 Å². The maximum Gasteiger partial charge on any atom is 0.251 e. The van der Waals surface area contributed by atoms with E-state index in [0.717, 1.165) is 37.1 Å². The zero-order valence-electron chi connectivity index (χ0n) is 17.4. The summed E-state index contributed by atoms with van der Waals surface area (Å²) in [5.41, 5.74) is 1.46. The van der Waals surface area contributed by atoms with Crippen LogP contribution in [0.25, 0.3) is 0 Å². The molecule has 2 rings (SSSR count). The van der Waals surface area contributed by atoms with Gasteiger partial charge in [0.15, 0.2) is 0 Å². The Morgan fingerprint density at radius 2 is 0.793 bits per heavy atom. The van der Waals surface area contributed by atoms with Gasteiger partial charge in [-0.1, -0.05) is 81.3 Å². The molecule has 156 valence electrons. The maximum atomic E-state index is 11.9. The van der Waals surface area contributed by atoms with E-state index in [2.05, 4.69) is 10.6 Å². The summed E-state index contributed by atoms with van der Waals surface area (Å²) >= 11 is 0. The molecule has 2 N–H and O–H groups in total. The van der Waals surface area contributed by atoms with Crippen LogP contribution in [0.1, 0.15) is 78.5 Å². The van der Waals surface area contributed by atoms with Crippen molar-refractivity contribution in [2.24, 2.45) is 0 Å². The van der Waals surface area contributed by atoms with Gasteiger partial charge in [0, 0.05) is 24.2 Å². The van der Waals surface area contributed by atoms with Crippen molar-refractivity contribution in [3.05, 3.63) is 71.8 Å². The van der Waals surface area contributed by atoms with Gasteiger partial charge in [-0.25, -0.2) is 0 Å². The second-order valence-corrected chi connectivity index (χ2v) is 7.43. The lowest BCUT2D eigenvalue weighted by Gasteiger charge is -2.06. The van der Waals surface area contributed by atoms with Crippen molar-refractivity contribution in [2.75, 3.05) is 13.1 Å². The molecule has 2 aromatic carbocycles. The van der Waals surface area contributed by atoms with Crippen molar-refractivity contribution < 1.29 is 9.59 Å². The summed E-state index contributed by atoms with van der Waals surface area (Å²) in [6.45, 7) is 1.50. The molecule has 0 heterocycles. The fraction of sp³-hybridized carbons (Fsp3) is 0.440. The van der Waals surface area contributed by atoms with Gasteiger partial charge in [0.25, 0.3) is 11.8 Å². The summed E-state index contributed by atoms with van der Waals surface area (Å²) in [7, 11) is 0. The molecule has 0 fully saturated rings. The minimum Gasteiger partial charge on any atom is -0.352 e. The van der Waals surface area contributed by atoms with Crippen molar-refractivity contribution in [3.63, 3.8) is 0 Å². The standard InChI is InChI=1S/C25H34N2O2/c28-24(22-16-10-8-11-17-22)26-20-14-6-4-2-1-3-5-7-15-21-27-25(29)23-18-12-9-13-19-23/h8-13,16-19H,1-7,14-15,20-21H2,(H,26,28)(H,27,29). The van der Waals surface area contributed by atoms with Crippen LogP contribution in [0.15, 0.2) is 60.7 Å². The Labute approximate surface area is 175 Å². The molecule has 0 radical (unpaired) electrons. The largest absolute Gasteiger partial charge is 0.352 e. The van der Waals surface area contributed by atoms with Gasteiger partial charge in [0.2, 0.25) is 0 Å². The van der Waals surface area contributed by atoms with Gasteiger partial charge in [-0.15, -0.1) is 0 Å². The van der Waals surface area contributed by atoms with Gasteiger partial charge in [-0.2, -0.15) is 0 Å². The zero-order chi connectivity index (χ0) is 20.6. The first-order chi connectivity index (χ1) is 14.3. The number of rotatable bonds is 14. The van der Waals surface area contributed by atoms with E-state index in [9.17, 15) is 9.59 Å². The first-order valence-electron chi connectivity index (χ1n) is 10.9. The lowest BCUT2D eigenvalue weighted by Crippen LogP contribution is -2.24. The van der Waals surface area contributed by atoms with Crippen molar-refractivity contribution >= 4 is 11.8 Å². The average molecular weight is 395 g/mol. The quantitative estimate of drug-likeness (QED) is 0.424. The van der Waals surface area contributed by atoms with Crippen molar-refractivity contribution in [3.8, 4) is 0 Å². The molecule has 0 aromatic heterocycles. The predicted molar refractivity (Wildman–Crippen MR) is 119 cm³/mol. The van der Waals surface area contributed by atoms with Crippen LogP contribution in [0.5, 0.6) is 0 Å². The average Bonchev–Trinajstić information content (AvgIpc) is 2.77. The highest BCUT2D eigenvalue weighted by Crippen LogP contribution is 2.09. The summed E-state index contributed by atoms with van der Waals surface area (Å²) in [6.07, 6.45) is 10.7. The van der Waals surface area contributed by atoms with E-state index in [-0.39, 0.29) is 11.8 Å². The summed E-state index contributed by atoms with van der Waals surface area (Å²) in [5, 5.41) is 5.96. The number of unbranched alkanes of at least 4 members (excludes halogenated alkanes) is 8. The minimum absolute atomic E-state index is 0.0190. The Bertz CT molecular complexity index is 640. The SMILES string of the molecule is O=C(NCCCCCCCCCCCNC(=O)c1ccccc1)c1ccccc1. The summed E-state index contributed by atoms with van der Waals surface area (Å²) in [4.78, 5) is 23.8. The molecule has 0 saturated heterocycles. The van der Waals surface area contributed by atoms with Crippen molar-refractivity contribution in [1.82, 2.24) is 10.6 Å². The highest BCUT2D eigenvalue weighted by Gasteiger charge is 2.03. The normalized spacial score (nSPS) is 10.5. The fourth-order valence-corrected chi connectivity index (χ4v) is 3.27. The van der Waals surface area contributed by atoms with E-state index in [1.54, 1.807) is 0 Å². The second-order valence-electron chi connectivity index (χ2n) is 7.43. The number of carbonyl (C=O) groups excluding carboxylic acids is 2. The van der Waals surface area contributed by atoms with Crippen LogP contribution >= 0.6 is 0 Å². The molecule has 4 nitrogen and oxygen atoms in total. The third kappa shape index (κ3) is 9.93. The van der Waals surface area contributed by atoms with Crippen LogP contribution in [-0.2, 0) is 0 Å². The van der Waals surface area contributed by atoms with Gasteiger partial charge < -0.3 is 10.6 Å². The lowest BCUT2D eigenvalue weighted by molar-refractivity contribution is 0.0944. The van der Waals surface area contributed by atoms with Gasteiger partial charge in [-0.3, -0.25) is 9.59 Å². The molecule has 0 aliphatic heterocycles. The molecule has 0 saturated carbocycles. The third-order valence-corrected chi connectivity index (χ3v) is 5.00. The van der Waals surface area contributed by atoms with Crippen LogP contribution in [0, 0.1) is 0 Å². The van der Waals surface area contributed by atoms with Crippen molar-refractivity contribution in [2.45, 2.75) is 57.8 Å². The first-order valence-corrected chi connectivity index (χ1v) is 10.9.